The highest BCUT2D eigenvalue weighted by atomic mass is 32.2. The van der Waals surface area contributed by atoms with Crippen molar-refractivity contribution in [2.45, 2.75) is 18.6 Å². The van der Waals surface area contributed by atoms with Crippen molar-refractivity contribution in [2.24, 2.45) is 0 Å². The van der Waals surface area contributed by atoms with Gasteiger partial charge in [0.15, 0.2) is 9.84 Å². The average molecular weight is 188 g/mol. The van der Waals surface area contributed by atoms with Crippen LogP contribution in [0.3, 0.4) is 0 Å². The van der Waals surface area contributed by atoms with Gasteiger partial charge in [0.1, 0.15) is 4.75 Å². The molecule has 5 heteroatoms. The normalized spacial score (nSPS) is 13.2. The van der Waals surface area contributed by atoms with Crippen molar-refractivity contribution >= 4 is 9.84 Å². The van der Waals surface area contributed by atoms with Crippen LogP contribution in [0.1, 0.15) is 19.5 Å². The van der Waals surface area contributed by atoms with Crippen LogP contribution in [-0.4, -0.2) is 24.9 Å². The molecule has 0 saturated heterocycles. The third-order valence-corrected chi connectivity index (χ3v) is 4.15. The Kier molecular flexibility index (Phi) is 1.99. The molecular weight excluding hydrogens is 176 g/mol. The van der Waals surface area contributed by atoms with Crippen molar-refractivity contribution in [3.63, 3.8) is 0 Å². The van der Waals surface area contributed by atoms with E-state index in [2.05, 4.69) is 10.2 Å². The molecule has 0 amide bonds. The lowest BCUT2D eigenvalue weighted by Crippen LogP contribution is -2.28. The van der Waals surface area contributed by atoms with E-state index in [-0.39, 0.29) is 0 Å². The molecule has 0 aliphatic carbocycles. The van der Waals surface area contributed by atoms with E-state index in [9.17, 15) is 8.42 Å². The van der Waals surface area contributed by atoms with Gasteiger partial charge >= 0.3 is 0 Å². The molecule has 4 nitrogen and oxygen atoms in total. The van der Waals surface area contributed by atoms with Crippen molar-refractivity contribution < 1.29 is 8.42 Å². The first-order valence-electron chi connectivity index (χ1n) is 3.55. The Hall–Kier alpha value is -0.840. The Labute approximate surface area is 71.9 Å². The number of aromatic amines is 1. The van der Waals surface area contributed by atoms with Gasteiger partial charge in [0, 0.05) is 12.5 Å². The third-order valence-electron chi connectivity index (χ3n) is 2.08. The van der Waals surface area contributed by atoms with Gasteiger partial charge in [0.05, 0.1) is 5.69 Å². The predicted molar refractivity (Wildman–Crippen MR) is 46.5 cm³/mol. The number of rotatable bonds is 2. The second-order valence-electron chi connectivity index (χ2n) is 3.25. The van der Waals surface area contributed by atoms with Crippen LogP contribution in [0.4, 0.5) is 0 Å². The molecule has 1 N–H and O–H groups in total. The monoisotopic (exact) mass is 188 g/mol. The first kappa shape index (κ1) is 9.25. The van der Waals surface area contributed by atoms with Crippen molar-refractivity contribution in [3.8, 4) is 0 Å². The quantitative estimate of drug-likeness (QED) is 0.742. The summed E-state index contributed by atoms with van der Waals surface area (Å²) >= 11 is 0. The van der Waals surface area contributed by atoms with Gasteiger partial charge in [0.25, 0.3) is 0 Å². The van der Waals surface area contributed by atoms with Crippen LogP contribution >= 0.6 is 0 Å². The van der Waals surface area contributed by atoms with Crippen LogP contribution in [0.2, 0.25) is 0 Å². The molecule has 0 fully saturated rings. The van der Waals surface area contributed by atoms with E-state index in [0.717, 1.165) is 0 Å². The largest absolute Gasteiger partial charge is 0.281 e. The van der Waals surface area contributed by atoms with Gasteiger partial charge in [-0.05, 0) is 19.9 Å². The Balaban J connectivity index is 3.20. The SMILES string of the molecule is CC(C)(c1ccn[nH]1)S(C)(=O)=O. The van der Waals surface area contributed by atoms with Gasteiger partial charge in [-0.2, -0.15) is 5.10 Å². The summed E-state index contributed by atoms with van der Waals surface area (Å²) < 4.78 is 21.7. The fourth-order valence-corrected chi connectivity index (χ4v) is 1.30. The molecule has 0 radical (unpaired) electrons. The van der Waals surface area contributed by atoms with Crippen molar-refractivity contribution in [1.29, 1.82) is 0 Å². The number of aromatic nitrogens is 2. The molecule has 12 heavy (non-hydrogen) atoms. The summed E-state index contributed by atoms with van der Waals surface area (Å²) in [7, 11) is -3.10. The van der Waals surface area contributed by atoms with E-state index in [1.54, 1.807) is 26.1 Å². The standard InChI is InChI=1S/C7H12N2O2S/c1-7(2,12(3,10)11)6-4-5-8-9-6/h4-5H,1-3H3,(H,8,9). The molecule has 0 aliphatic rings. The zero-order chi connectivity index (χ0) is 9.41. The fourth-order valence-electron chi connectivity index (χ4n) is 0.791. The van der Waals surface area contributed by atoms with Gasteiger partial charge in [-0.25, -0.2) is 8.42 Å². The molecule has 68 valence electrons. The zero-order valence-corrected chi connectivity index (χ0v) is 8.14. The first-order valence-corrected chi connectivity index (χ1v) is 5.44. The van der Waals surface area contributed by atoms with Crippen LogP contribution in [-0.2, 0) is 14.6 Å². The van der Waals surface area contributed by atoms with Gasteiger partial charge in [0.2, 0.25) is 0 Å². The summed E-state index contributed by atoms with van der Waals surface area (Å²) in [5.41, 5.74) is 0.616. The number of hydrogen-bond acceptors (Lipinski definition) is 3. The topological polar surface area (TPSA) is 62.8 Å². The Bertz CT molecular complexity index is 351. The van der Waals surface area contributed by atoms with Crippen LogP contribution in [0.25, 0.3) is 0 Å². The second kappa shape index (κ2) is 2.58. The van der Waals surface area contributed by atoms with E-state index < -0.39 is 14.6 Å². The predicted octanol–water partition coefficient (Wildman–Crippen LogP) is 0.689. The molecule has 0 saturated carbocycles. The van der Waals surface area contributed by atoms with Gasteiger partial charge in [-0.1, -0.05) is 0 Å². The molecule has 1 aromatic rings. The minimum Gasteiger partial charge on any atom is -0.281 e. The molecule has 0 unspecified atom stereocenters. The molecule has 0 bridgehead atoms. The Morgan fingerprint density at radius 3 is 2.42 bits per heavy atom. The molecule has 0 spiro atoms. The molecule has 1 rings (SSSR count). The van der Waals surface area contributed by atoms with Crippen molar-refractivity contribution in [1.82, 2.24) is 10.2 Å². The van der Waals surface area contributed by atoms with E-state index in [0.29, 0.717) is 5.69 Å². The van der Waals surface area contributed by atoms with Crippen LogP contribution in [0.15, 0.2) is 12.3 Å². The Morgan fingerprint density at radius 1 is 1.50 bits per heavy atom. The van der Waals surface area contributed by atoms with E-state index in [1.165, 1.54) is 6.26 Å². The molecule has 1 aromatic heterocycles. The smallest absolute Gasteiger partial charge is 0.158 e. The zero-order valence-electron chi connectivity index (χ0n) is 7.33. The fraction of sp³-hybridized carbons (Fsp3) is 0.571. The van der Waals surface area contributed by atoms with Crippen molar-refractivity contribution in [3.05, 3.63) is 18.0 Å². The number of H-pyrrole nitrogens is 1. The summed E-state index contributed by atoms with van der Waals surface area (Å²) in [6.45, 7) is 3.30. The molecule has 0 aromatic carbocycles. The number of nitrogens with zero attached hydrogens (tertiary/aromatic N) is 1. The summed E-state index contributed by atoms with van der Waals surface area (Å²) in [5.74, 6) is 0. The van der Waals surface area contributed by atoms with Crippen molar-refractivity contribution in [2.75, 3.05) is 6.26 Å². The van der Waals surface area contributed by atoms with Crippen LogP contribution in [0.5, 0.6) is 0 Å². The number of sulfone groups is 1. The van der Waals surface area contributed by atoms with Crippen LogP contribution < -0.4 is 0 Å². The molecule has 1 heterocycles. The molecule has 0 aliphatic heterocycles. The summed E-state index contributed by atoms with van der Waals surface area (Å²) in [5, 5.41) is 6.37. The number of nitrogens with one attached hydrogen (secondary N) is 1. The third kappa shape index (κ3) is 1.36. The summed E-state index contributed by atoms with van der Waals surface area (Å²) in [4.78, 5) is 0. The van der Waals surface area contributed by atoms with Gasteiger partial charge in [-0.15, -0.1) is 0 Å². The lowest BCUT2D eigenvalue weighted by molar-refractivity contribution is 0.556. The number of hydrogen-bond donors (Lipinski definition) is 1. The first-order chi connectivity index (χ1) is 5.36. The maximum atomic E-state index is 11.3. The minimum absolute atomic E-state index is 0.616. The van der Waals surface area contributed by atoms with Gasteiger partial charge < -0.3 is 0 Å². The summed E-state index contributed by atoms with van der Waals surface area (Å²) in [6.07, 6.45) is 2.76. The van der Waals surface area contributed by atoms with E-state index in [4.69, 9.17) is 0 Å². The summed E-state index contributed by atoms with van der Waals surface area (Å²) in [6, 6.07) is 1.67. The average Bonchev–Trinajstić information content (AvgIpc) is 2.34. The lowest BCUT2D eigenvalue weighted by Gasteiger charge is -2.19. The van der Waals surface area contributed by atoms with Gasteiger partial charge in [-0.3, -0.25) is 5.10 Å². The van der Waals surface area contributed by atoms with Crippen LogP contribution in [0, 0.1) is 0 Å². The van der Waals surface area contributed by atoms with E-state index in [1.807, 2.05) is 0 Å². The lowest BCUT2D eigenvalue weighted by atomic mass is 10.1. The van der Waals surface area contributed by atoms with E-state index >= 15 is 0 Å². The molecular formula is C7H12N2O2S. The maximum absolute atomic E-state index is 11.3. The highest BCUT2D eigenvalue weighted by Gasteiger charge is 2.33. The Morgan fingerprint density at radius 2 is 2.08 bits per heavy atom. The maximum Gasteiger partial charge on any atom is 0.158 e. The highest BCUT2D eigenvalue weighted by molar-refractivity contribution is 7.91. The highest BCUT2D eigenvalue weighted by Crippen LogP contribution is 2.26. The molecule has 0 atom stereocenters. The minimum atomic E-state index is -3.10. The second-order valence-corrected chi connectivity index (χ2v) is 5.82.